The van der Waals surface area contributed by atoms with Crippen molar-refractivity contribution in [1.29, 1.82) is 0 Å². The maximum absolute atomic E-state index is 13.9. The number of nitrogens with zero attached hydrogens (tertiary/aromatic N) is 2. The number of nitrogens with two attached hydrogens (primary N) is 1. The fraction of sp³-hybridized carbons (Fsp3) is 0.278. The Morgan fingerprint density at radius 3 is 2.77 bits per heavy atom. The predicted molar refractivity (Wildman–Crippen MR) is 103 cm³/mol. The second-order valence-corrected chi connectivity index (χ2v) is 7.77. The van der Waals surface area contributed by atoms with E-state index in [0.29, 0.717) is 9.90 Å². The molecule has 0 radical (unpaired) electrons. The lowest BCUT2D eigenvalue weighted by molar-refractivity contribution is 0.575. The van der Waals surface area contributed by atoms with Gasteiger partial charge in [-0.25, -0.2) is 8.78 Å². The van der Waals surface area contributed by atoms with E-state index in [2.05, 4.69) is 10.4 Å². The van der Waals surface area contributed by atoms with Crippen molar-refractivity contribution < 1.29 is 8.78 Å². The number of benzene rings is 1. The molecule has 2 aromatic heterocycles. The SMILES string of the molecule is Cc1cnn(C)c1-c1cc(N[C@H](CN)Cc2cc(F)ccc2F)sc1Cl. The van der Waals surface area contributed by atoms with Crippen molar-refractivity contribution in [2.75, 3.05) is 11.9 Å². The normalized spacial score (nSPS) is 12.4. The molecule has 0 saturated carbocycles. The summed E-state index contributed by atoms with van der Waals surface area (Å²) in [6.45, 7) is 2.24. The average Bonchev–Trinajstić information content (AvgIpc) is 3.11. The van der Waals surface area contributed by atoms with E-state index in [4.69, 9.17) is 17.3 Å². The van der Waals surface area contributed by atoms with Gasteiger partial charge in [0.25, 0.3) is 0 Å². The summed E-state index contributed by atoms with van der Waals surface area (Å²) in [5.41, 5.74) is 8.96. The Balaban J connectivity index is 1.81. The van der Waals surface area contributed by atoms with E-state index in [0.717, 1.165) is 34.0 Å². The zero-order valence-corrected chi connectivity index (χ0v) is 16.0. The number of thiophene rings is 1. The monoisotopic (exact) mass is 396 g/mol. The fourth-order valence-electron chi connectivity index (χ4n) is 2.90. The van der Waals surface area contributed by atoms with Gasteiger partial charge >= 0.3 is 0 Å². The Kier molecular flexibility index (Phi) is 5.60. The maximum Gasteiger partial charge on any atom is 0.126 e. The molecule has 0 unspecified atom stereocenters. The first-order valence-corrected chi connectivity index (χ1v) is 9.27. The summed E-state index contributed by atoms with van der Waals surface area (Å²) in [4.78, 5) is 0. The molecule has 0 fully saturated rings. The standard InChI is InChI=1S/C18H19ClF2N4S/c1-10-9-23-25(2)17(10)14-7-16(26-18(14)19)24-13(8-22)6-11-5-12(20)3-4-15(11)21/h3-5,7,9,13,24H,6,8,22H2,1-2H3/t13-/m0/s1. The molecule has 0 bridgehead atoms. The minimum Gasteiger partial charge on any atom is -0.373 e. The number of aryl methyl sites for hydroxylation is 2. The number of hydrogen-bond donors (Lipinski definition) is 2. The maximum atomic E-state index is 13.9. The molecule has 26 heavy (non-hydrogen) atoms. The second kappa shape index (κ2) is 7.73. The molecular formula is C18H19ClF2N4S. The lowest BCUT2D eigenvalue weighted by Gasteiger charge is -2.17. The third kappa shape index (κ3) is 3.90. The summed E-state index contributed by atoms with van der Waals surface area (Å²) in [6, 6.07) is 5.11. The molecule has 0 spiro atoms. The van der Waals surface area contributed by atoms with Gasteiger partial charge in [0, 0.05) is 25.2 Å². The Morgan fingerprint density at radius 2 is 2.12 bits per heavy atom. The van der Waals surface area contributed by atoms with E-state index in [-0.39, 0.29) is 19.0 Å². The van der Waals surface area contributed by atoms with Gasteiger partial charge in [-0.15, -0.1) is 11.3 Å². The number of nitrogens with one attached hydrogen (secondary N) is 1. The predicted octanol–water partition coefficient (Wildman–Crippen LogP) is 4.37. The van der Waals surface area contributed by atoms with Crippen LogP contribution in [0.1, 0.15) is 11.1 Å². The third-order valence-corrected chi connectivity index (χ3v) is 5.46. The van der Waals surface area contributed by atoms with Crippen molar-refractivity contribution >= 4 is 27.9 Å². The number of anilines is 1. The van der Waals surface area contributed by atoms with Crippen molar-refractivity contribution in [2.45, 2.75) is 19.4 Å². The van der Waals surface area contributed by atoms with E-state index in [1.165, 1.54) is 17.4 Å². The molecule has 4 nitrogen and oxygen atoms in total. The summed E-state index contributed by atoms with van der Waals surface area (Å²) in [6.07, 6.45) is 2.06. The average molecular weight is 397 g/mol. The van der Waals surface area contributed by atoms with E-state index in [1.807, 2.05) is 20.0 Å². The quantitative estimate of drug-likeness (QED) is 0.650. The van der Waals surface area contributed by atoms with Gasteiger partial charge in [0.1, 0.15) is 16.0 Å². The van der Waals surface area contributed by atoms with E-state index >= 15 is 0 Å². The van der Waals surface area contributed by atoms with Crippen LogP contribution in [0, 0.1) is 18.6 Å². The lowest BCUT2D eigenvalue weighted by Crippen LogP contribution is -2.31. The highest BCUT2D eigenvalue weighted by atomic mass is 35.5. The van der Waals surface area contributed by atoms with Crippen LogP contribution in [-0.4, -0.2) is 22.4 Å². The van der Waals surface area contributed by atoms with Gasteiger partial charge in [-0.05, 0) is 48.7 Å². The molecule has 0 aliphatic heterocycles. The molecule has 8 heteroatoms. The highest BCUT2D eigenvalue weighted by Gasteiger charge is 2.18. The van der Waals surface area contributed by atoms with Crippen LogP contribution in [0.4, 0.5) is 13.8 Å². The number of halogens is 3. The summed E-state index contributed by atoms with van der Waals surface area (Å²) < 4.78 is 29.7. The molecule has 0 amide bonds. The molecule has 2 heterocycles. The second-order valence-electron chi connectivity index (χ2n) is 6.11. The smallest absolute Gasteiger partial charge is 0.126 e. The van der Waals surface area contributed by atoms with Crippen LogP contribution in [0.5, 0.6) is 0 Å². The van der Waals surface area contributed by atoms with Gasteiger partial charge in [0.2, 0.25) is 0 Å². The first kappa shape index (κ1) is 18.8. The molecule has 0 aliphatic rings. The van der Waals surface area contributed by atoms with Crippen molar-refractivity contribution in [3.63, 3.8) is 0 Å². The van der Waals surface area contributed by atoms with Gasteiger partial charge in [-0.2, -0.15) is 5.10 Å². The summed E-state index contributed by atoms with van der Waals surface area (Å²) in [7, 11) is 1.86. The highest BCUT2D eigenvalue weighted by molar-refractivity contribution is 7.20. The first-order chi connectivity index (χ1) is 12.4. The van der Waals surface area contributed by atoms with Crippen molar-refractivity contribution in [1.82, 2.24) is 9.78 Å². The number of hydrogen-bond acceptors (Lipinski definition) is 4. The number of rotatable bonds is 6. The fourth-order valence-corrected chi connectivity index (χ4v) is 4.15. The topological polar surface area (TPSA) is 55.9 Å². The van der Waals surface area contributed by atoms with Crippen molar-refractivity contribution in [2.24, 2.45) is 12.8 Å². The van der Waals surface area contributed by atoms with Crippen LogP contribution in [0.3, 0.4) is 0 Å². The Labute approximate surface area is 159 Å². The molecule has 1 atom stereocenters. The molecule has 3 aromatic rings. The highest BCUT2D eigenvalue weighted by Crippen LogP contribution is 2.39. The van der Waals surface area contributed by atoms with E-state index in [1.54, 1.807) is 10.9 Å². The Bertz CT molecular complexity index is 903. The zero-order valence-electron chi connectivity index (χ0n) is 14.4. The van der Waals surface area contributed by atoms with Gasteiger partial charge in [-0.3, -0.25) is 4.68 Å². The third-order valence-electron chi connectivity index (χ3n) is 4.17. The molecular weight excluding hydrogens is 378 g/mol. The Hall–Kier alpha value is -1.96. The molecule has 3 rings (SSSR count). The van der Waals surface area contributed by atoms with Crippen LogP contribution >= 0.6 is 22.9 Å². The van der Waals surface area contributed by atoms with Gasteiger partial charge in [-0.1, -0.05) is 11.6 Å². The van der Waals surface area contributed by atoms with Crippen LogP contribution in [0.25, 0.3) is 11.3 Å². The summed E-state index contributed by atoms with van der Waals surface area (Å²) in [5, 5.41) is 8.33. The molecule has 1 aromatic carbocycles. The van der Waals surface area contributed by atoms with Crippen molar-refractivity contribution in [3.8, 4) is 11.3 Å². The van der Waals surface area contributed by atoms with Gasteiger partial charge < -0.3 is 11.1 Å². The largest absolute Gasteiger partial charge is 0.373 e. The van der Waals surface area contributed by atoms with Crippen LogP contribution < -0.4 is 11.1 Å². The molecule has 0 saturated heterocycles. The van der Waals surface area contributed by atoms with Crippen LogP contribution in [0.15, 0.2) is 30.5 Å². The van der Waals surface area contributed by atoms with Crippen LogP contribution in [0.2, 0.25) is 4.34 Å². The van der Waals surface area contributed by atoms with Crippen molar-refractivity contribution in [3.05, 3.63) is 57.6 Å². The van der Waals surface area contributed by atoms with E-state index < -0.39 is 11.6 Å². The van der Waals surface area contributed by atoms with E-state index in [9.17, 15) is 8.78 Å². The van der Waals surface area contributed by atoms with Crippen LogP contribution in [-0.2, 0) is 13.5 Å². The molecule has 0 aliphatic carbocycles. The lowest BCUT2D eigenvalue weighted by atomic mass is 10.1. The number of aromatic nitrogens is 2. The molecule has 138 valence electrons. The minimum absolute atomic E-state index is 0.249. The molecule has 3 N–H and O–H groups in total. The summed E-state index contributed by atoms with van der Waals surface area (Å²) in [5.74, 6) is -0.910. The minimum atomic E-state index is -0.467. The first-order valence-electron chi connectivity index (χ1n) is 8.08. The summed E-state index contributed by atoms with van der Waals surface area (Å²) >= 11 is 7.79. The van der Waals surface area contributed by atoms with Gasteiger partial charge in [0.05, 0.1) is 16.9 Å². The van der Waals surface area contributed by atoms with Gasteiger partial charge in [0.15, 0.2) is 0 Å². The zero-order chi connectivity index (χ0) is 18.8. The Morgan fingerprint density at radius 1 is 1.35 bits per heavy atom.